The first-order valence-corrected chi connectivity index (χ1v) is 6.08. The normalized spacial score (nSPS) is 9.76. The summed E-state index contributed by atoms with van der Waals surface area (Å²) in [5.41, 5.74) is 1.72. The smallest absolute Gasteiger partial charge is 0.166 e. The number of carbonyl (C=O) groups is 1. The Morgan fingerprint density at radius 2 is 2.24 bits per heavy atom. The van der Waals surface area contributed by atoms with Crippen LogP contribution in [0.5, 0.6) is 0 Å². The molecule has 0 aliphatic carbocycles. The first kappa shape index (κ1) is 13.4. The van der Waals surface area contributed by atoms with Gasteiger partial charge in [0.05, 0.1) is 12.0 Å². The van der Waals surface area contributed by atoms with E-state index in [0.717, 1.165) is 24.8 Å². The number of hydrogen-bond donors (Lipinski definition) is 0. The highest BCUT2D eigenvalue weighted by Crippen LogP contribution is 2.02. The monoisotopic (exact) mass is 232 g/mol. The van der Waals surface area contributed by atoms with Gasteiger partial charge in [-0.15, -0.1) is 0 Å². The molecule has 0 aliphatic rings. The van der Waals surface area contributed by atoms with E-state index in [2.05, 4.69) is 11.9 Å². The Labute approximate surface area is 103 Å². The van der Waals surface area contributed by atoms with Gasteiger partial charge in [-0.05, 0) is 31.0 Å². The first-order chi connectivity index (χ1) is 8.27. The van der Waals surface area contributed by atoms with Crippen molar-refractivity contribution in [3.8, 4) is 0 Å². The van der Waals surface area contributed by atoms with Crippen molar-refractivity contribution in [1.82, 2.24) is 9.55 Å². The highest BCUT2D eigenvalue weighted by Gasteiger charge is 1.96. The van der Waals surface area contributed by atoms with Crippen LogP contribution in [0.25, 0.3) is 0 Å². The fourth-order valence-electron chi connectivity index (χ4n) is 1.62. The van der Waals surface area contributed by atoms with Crippen molar-refractivity contribution in [3.05, 3.63) is 42.0 Å². The number of aldehydes is 1. The molecule has 3 heteroatoms. The van der Waals surface area contributed by atoms with Gasteiger partial charge < -0.3 is 4.57 Å². The van der Waals surface area contributed by atoms with Crippen molar-refractivity contribution in [2.75, 3.05) is 0 Å². The van der Waals surface area contributed by atoms with Gasteiger partial charge in [-0.25, -0.2) is 4.98 Å². The SMILES string of the molecule is CCCCCn1cncccc(C)cc1C=O. The molecular weight excluding hydrogens is 212 g/mol. The number of nitrogens with zero attached hydrogens (tertiary/aromatic N) is 2. The van der Waals surface area contributed by atoms with Crippen molar-refractivity contribution in [2.24, 2.45) is 0 Å². The second-order valence-corrected chi connectivity index (χ2v) is 4.10. The Balaban J connectivity index is 3.09. The van der Waals surface area contributed by atoms with Gasteiger partial charge in [0.1, 0.15) is 0 Å². The predicted molar refractivity (Wildman–Crippen MR) is 69.5 cm³/mol. The average molecular weight is 232 g/mol. The summed E-state index contributed by atoms with van der Waals surface area (Å²) in [6.07, 6.45) is 7.75. The summed E-state index contributed by atoms with van der Waals surface area (Å²) in [4.78, 5) is 15.3. The molecule has 17 heavy (non-hydrogen) atoms. The van der Waals surface area contributed by atoms with E-state index in [4.69, 9.17) is 0 Å². The Morgan fingerprint density at radius 1 is 1.41 bits per heavy atom. The largest absolute Gasteiger partial charge is 0.330 e. The number of hydrogen-bond acceptors (Lipinski definition) is 2. The van der Waals surface area contributed by atoms with Gasteiger partial charge >= 0.3 is 0 Å². The molecule has 0 aromatic carbocycles. The van der Waals surface area contributed by atoms with Gasteiger partial charge in [0.2, 0.25) is 0 Å². The number of aryl methyl sites for hydroxylation is 2. The molecule has 1 heterocycles. The Bertz CT molecular complexity index is 409. The minimum absolute atomic E-state index is 0.669. The molecule has 0 saturated heterocycles. The third-order valence-electron chi connectivity index (χ3n) is 2.57. The summed E-state index contributed by atoms with van der Waals surface area (Å²) in [5, 5.41) is 0. The second-order valence-electron chi connectivity index (χ2n) is 4.10. The minimum atomic E-state index is 0.669. The maximum absolute atomic E-state index is 11.1. The lowest BCUT2D eigenvalue weighted by atomic mass is 10.2. The maximum Gasteiger partial charge on any atom is 0.166 e. The van der Waals surface area contributed by atoms with E-state index in [1.165, 1.54) is 12.8 Å². The Hall–Kier alpha value is -1.64. The van der Waals surface area contributed by atoms with Crippen LogP contribution < -0.4 is 0 Å². The van der Waals surface area contributed by atoms with Gasteiger partial charge in [0.25, 0.3) is 0 Å². The minimum Gasteiger partial charge on any atom is -0.330 e. The molecule has 0 spiro atoms. The zero-order valence-electron chi connectivity index (χ0n) is 10.6. The highest BCUT2D eigenvalue weighted by molar-refractivity contribution is 5.72. The summed E-state index contributed by atoms with van der Waals surface area (Å²) in [6, 6.07) is 5.71. The quantitative estimate of drug-likeness (QED) is 0.576. The van der Waals surface area contributed by atoms with E-state index in [0.29, 0.717) is 5.69 Å². The van der Waals surface area contributed by atoms with Gasteiger partial charge in [0.15, 0.2) is 6.29 Å². The fourth-order valence-corrected chi connectivity index (χ4v) is 1.62. The molecule has 0 bridgehead atoms. The molecule has 0 N–H and O–H groups in total. The van der Waals surface area contributed by atoms with Crippen LogP contribution in [0.3, 0.4) is 0 Å². The molecule has 1 aromatic rings. The zero-order chi connectivity index (χ0) is 12.5. The van der Waals surface area contributed by atoms with Crippen LogP contribution in [0.2, 0.25) is 0 Å². The Kier molecular flexibility index (Phi) is 6.00. The highest BCUT2D eigenvalue weighted by atomic mass is 16.1. The lowest BCUT2D eigenvalue weighted by Gasteiger charge is -2.06. The van der Waals surface area contributed by atoms with E-state index in [-0.39, 0.29) is 0 Å². The summed E-state index contributed by atoms with van der Waals surface area (Å²) in [6.45, 7) is 4.98. The molecule has 1 rings (SSSR count). The lowest BCUT2D eigenvalue weighted by Crippen LogP contribution is -2.04. The molecule has 92 valence electrons. The van der Waals surface area contributed by atoms with Crippen molar-refractivity contribution in [2.45, 2.75) is 39.7 Å². The van der Waals surface area contributed by atoms with E-state index in [9.17, 15) is 4.79 Å². The molecule has 0 unspecified atom stereocenters. The first-order valence-electron chi connectivity index (χ1n) is 6.08. The zero-order valence-corrected chi connectivity index (χ0v) is 10.6. The number of unbranched alkanes of at least 4 members (excludes halogenated alkanes) is 2. The van der Waals surface area contributed by atoms with Gasteiger partial charge in [-0.1, -0.05) is 25.8 Å². The summed E-state index contributed by atoms with van der Waals surface area (Å²) < 4.78 is 1.91. The molecular formula is C14H20N2O. The standard InChI is InChI=1S/C14H20N2O/c1-3-4-5-9-16-12-15-8-6-7-13(2)10-14(16)11-17/h6-8,10-12H,3-5,9H2,1-2H3. The van der Waals surface area contributed by atoms with E-state index in [1.807, 2.05) is 29.7 Å². The third kappa shape index (κ3) is 4.81. The van der Waals surface area contributed by atoms with Crippen LogP contribution in [0.15, 0.2) is 30.7 Å². The predicted octanol–water partition coefficient (Wildman–Crippen LogP) is 3.32. The number of rotatable bonds is 5. The van der Waals surface area contributed by atoms with Crippen LogP contribution >= 0.6 is 0 Å². The van der Waals surface area contributed by atoms with Crippen LogP contribution in [-0.2, 0) is 6.54 Å². The summed E-state index contributed by atoms with van der Waals surface area (Å²) in [5.74, 6) is 0. The number of aromatic nitrogens is 2. The van der Waals surface area contributed by atoms with Crippen LogP contribution in [-0.4, -0.2) is 15.8 Å². The van der Waals surface area contributed by atoms with Gasteiger partial charge in [-0.2, -0.15) is 0 Å². The van der Waals surface area contributed by atoms with Crippen LogP contribution in [0.4, 0.5) is 0 Å². The fraction of sp³-hybridized carbons (Fsp3) is 0.429. The molecule has 1 aromatic heterocycles. The third-order valence-corrected chi connectivity index (χ3v) is 2.57. The molecule has 0 saturated carbocycles. The topological polar surface area (TPSA) is 34.9 Å². The molecule has 3 nitrogen and oxygen atoms in total. The molecule has 0 fully saturated rings. The Morgan fingerprint density at radius 3 is 2.94 bits per heavy atom. The van der Waals surface area contributed by atoms with Crippen molar-refractivity contribution >= 4 is 6.29 Å². The van der Waals surface area contributed by atoms with E-state index in [1.54, 1.807) is 12.5 Å². The molecule has 0 aliphatic heterocycles. The maximum atomic E-state index is 11.1. The molecule has 0 amide bonds. The summed E-state index contributed by atoms with van der Waals surface area (Å²) in [7, 11) is 0. The molecule has 0 radical (unpaired) electrons. The van der Waals surface area contributed by atoms with E-state index < -0.39 is 0 Å². The van der Waals surface area contributed by atoms with Crippen LogP contribution in [0.1, 0.15) is 42.2 Å². The lowest BCUT2D eigenvalue weighted by molar-refractivity contribution is 0.111. The number of carbonyl (C=O) groups excluding carboxylic acids is 1. The van der Waals surface area contributed by atoms with Crippen LogP contribution in [0, 0.1) is 6.92 Å². The van der Waals surface area contributed by atoms with Gasteiger partial charge in [0, 0.05) is 12.7 Å². The molecule has 0 atom stereocenters. The van der Waals surface area contributed by atoms with Gasteiger partial charge in [-0.3, -0.25) is 4.79 Å². The van der Waals surface area contributed by atoms with E-state index >= 15 is 0 Å². The second kappa shape index (κ2) is 7.60. The average Bonchev–Trinajstić information content (AvgIpc) is 2.41. The van der Waals surface area contributed by atoms with Crippen molar-refractivity contribution in [3.63, 3.8) is 0 Å². The van der Waals surface area contributed by atoms with Crippen molar-refractivity contribution in [1.29, 1.82) is 0 Å². The summed E-state index contributed by atoms with van der Waals surface area (Å²) >= 11 is 0. The van der Waals surface area contributed by atoms with Crippen molar-refractivity contribution < 1.29 is 4.79 Å².